The molecule has 0 spiro atoms. The molecule has 3 heterocycles. The number of thiophene rings is 1. The average Bonchev–Trinajstić information content (AvgIpc) is 3.09. The van der Waals surface area contributed by atoms with Crippen LogP contribution < -0.4 is 5.32 Å². The lowest BCUT2D eigenvalue weighted by Crippen LogP contribution is -2.40. The van der Waals surface area contributed by atoms with Gasteiger partial charge in [0.25, 0.3) is 5.91 Å². The normalized spacial score (nSPS) is 22.4. The summed E-state index contributed by atoms with van der Waals surface area (Å²) in [5.74, 6) is 0.310. The molecule has 7 nitrogen and oxygen atoms in total. The number of nitrogens with one attached hydrogen (secondary N) is 1. The molecule has 1 N–H and O–H groups in total. The number of aryl methyl sites for hydroxylation is 1. The van der Waals surface area contributed by atoms with Crippen LogP contribution in [0.25, 0.3) is 0 Å². The maximum atomic E-state index is 12.5. The van der Waals surface area contributed by atoms with E-state index in [1.807, 2.05) is 16.8 Å². The van der Waals surface area contributed by atoms with E-state index in [2.05, 4.69) is 15.5 Å². The van der Waals surface area contributed by atoms with E-state index in [0.717, 1.165) is 10.5 Å². The van der Waals surface area contributed by atoms with Gasteiger partial charge in [-0.1, -0.05) is 0 Å². The zero-order valence-electron chi connectivity index (χ0n) is 10.9. The van der Waals surface area contributed by atoms with Crippen LogP contribution in [0.2, 0.25) is 0 Å². The van der Waals surface area contributed by atoms with Crippen molar-refractivity contribution < 1.29 is 14.0 Å². The third-order valence-corrected chi connectivity index (χ3v) is 3.92. The summed E-state index contributed by atoms with van der Waals surface area (Å²) in [6, 6.07) is 1.36. The molecule has 104 valence electrons. The lowest BCUT2D eigenvalue weighted by molar-refractivity contribution is -0.131. The molecule has 3 amide bonds. The first-order chi connectivity index (χ1) is 9.50. The van der Waals surface area contributed by atoms with E-state index >= 15 is 0 Å². The van der Waals surface area contributed by atoms with E-state index in [9.17, 15) is 9.59 Å². The highest BCUT2D eigenvalue weighted by atomic mass is 32.1. The summed E-state index contributed by atoms with van der Waals surface area (Å²) in [4.78, 5) is 25.6. The second kappa shape index (κ2) is 4.41. The summed E-state index contributed by atoms with van der Waals surface area (Å²) in [5.41, 5.74) is -0.267. The van der Waals surface area contributed by atoms with Gasteiger partial charge in [-0.3, -0.25) is 9.69 Å². The lowest BCUT2D eigenvalue weighted by Gasteiger charge is -2.20. The Morgan fingerprint density at radius 3 is 2.85 bits per heavy atom. The second-order valence-electron chi connectivity index (χ2n) is 4.67. The van der Waals surface area contributed by atoms with Crippen LogP contribution in [0.5, 0.6) is 0 Å². The number of carbonyl (C=O) groups excluding carboxylic acids is 2. The van der Waals surface area contributed by atoms with Crippen LogP contribution in [-0.4, -0.2) is 27.0 Å². The van der Waals surface area contributed by atoms with Gasteiger partial charge in [-0.25, -0.2) is 4.79 Å². The molecule has 0 bridgehead atoms. The van der Waals surface area contributed by atoms with Crippen LogP contribution in [0.4, 0.5) is 4.79 Å². The fraction of sp³-hybridized carbons (Fsp3) is 0.333. The van der Waals surface area contributed by atoms with Crippen LogP contribution in [0.3, 0.4) is 0 Å². The third-order valence-electron chi connectivity index (χ3n) is 3.23. The molecule has 1 saturated heterocycles. The number of urea groups is 1. The highest BCUT2D eigenvalue weighted by Gasteiger charge is 2.49. The lowest BCUT2D eigenvalue weighted by atomic mass is 9.95. The van der Waals surface area contributed by atoms with Gasteiger partial charge in [0.05, 0.1) is 0 Å². The van der Waals surface area contributed by atoms with Gasteiger partial charge in [-0.15, -0.1) is 10.2 Å². The van der Waals surface area contributed by atoms with E-state index < -0.39 is 11.6 Å². The van der Waals surface area contributed by atoms with Crippen molar-refractivity contribution in [1.82, 2.24) is 20.4 Å². The molecular weight excluding hydrogens is 280 g/mol. The smallest absolute Gasteiger partial charge is 0.325 e. The van der Waals surface area contributed by atoms with Gasteiger partial charge in [0, 0.05) is 6.92 Å². The molecule has 1 aliphatic heterocycles. The van der Waals surface area contributed by atoms with Crippen molar-refractivity contribution >= 4 is 23.3 Å². The molecule has 20 heavy (non-hydrogen) atoms. The van der Waals surface area contributed by atoms with Gasteiger partial charge in [0.1, 0.15) is 12.1 Å². The standard InChI is InChI=1S/C12H12N4O3S/c1-7-14-15-9(19-7)5-16-10(17)12(2,13-11(16)18)8-3-4-20-6-8/h3-4,6H,5H2,1-2H3,(H,13,18)/t12-/m1/s1. The van der Waals surface area contributed by atoms with Gasteiger partial charge in [0.2, 0.25) is 11.8 Å². The Morgan fingerprint density at radius 1 is 1.45 bits per heavy atom. The fourth-order valence-electron chi connectivity index (χ4n) is 2.12. The molecule has 1 fully saturated rings. The molecule has 0 unspecified atom stereocenters. The van der Waals surface area contributed by atoms with Crippen LogP contribution >= 0.6 is 11.3 Å². The zero-order chi connectivity index (χ0) is 14.3. The molecule has 0 radical (unpaired) electrons. The fourth-order valence-corrected chi connectivity index (χ4v) is 2.89. The molecule has 1 aliphatic rings. The SMILES string of the molecule is Cc1nnc(CN2C(=O)N[C@](C)(c3ccsc3)C2=O)o1. The second-order valence-corrected chi connectivity index (χ2v) is 5.45. The minimum absolute atomic E-state index is 0.0226. The van der Waals surface area contributed by atoms with E-state index in [-0.39, 0.29) is 18.3 Å². The minimum atomic E-state index is -1.04. The first kappa shape index (κ1) is 12.8. The number of hydrogen-bond donors (Lipinski definition) is 1. The predicted molar refractivity (Wildman–Crippen MR) is 69.8 cm³/mol. The molecule has 0 saturated carbocycles. The van der Waals surface area contributed by atoms with Crippen LogP contribution in [0, 0.1) is 6.92 Å². The summed E-state index contributed by atoms with van der Waals surface area (Å²) in [6.07, 6.45) is 0. The summed E-state index contributed by atoms with van der Waals surface area (Å²) >= 11 is 1.47. The Labute approximate surface area is 118 Å². The van der Waals surface area contributed by atoms with Crippen molar-refractivity contribution in [2.45, 2.75) is 25.9 Å². The zero-order valence-corrected chi connectivity index (χ0v) is 11.7. The van der Waals surface area contributed by atoms with Gasteiger partial charge in [-0.2, -0.15) is 11.3 Å². The summed E-state index contributed by atoms with van der Waals surface area (Å²) in [5, 5.41) is 13.9. The maximum Gasteiger partial charge on any atom is 0.325 e. The average molecular weight is 292 g/mol. The van der Waals surface area contributed by atoms with Gasteiger partial charge in [0.15, 0.2) is 0 Å². The Kier molecular flexibility index (Phi) is 2.82. The molecule has 3 rings (SSSR count). The summed E-state index contributed by atoms with van der Waals surface area (Å²) < 4.78 is 5.21. The van der Waals surface area contributed by atoms with Gasteiger partial charge >= 0.3 is 6.03 Å². The maximum absolute atomic E-state index is 12.5. The first-order valence-corrected chi connectivity index (χ1v) is 6.91. The highest BCUT2D eigenvalue weighted by molar-refractivity contribution is 7.08. The van der Waals surface area contributed by atoms with Crippen molar-refractivity contribution in [2.24, 2.45) is 0 Å². The summed E-state index contributed by atoms with van der Waals surface area (Å²) in [7, 11) is 0. The molecule has 2 aromatic rings. The third kappa shape index (κ3) is 1.88. The largest absolute Gasteiger partial charge is 0.424 e. The summed E-state index contributed by atoms with van der Waals surface area (Å²) in [6.45, 7) is 3.32. The Morgan fingerprint density at radius 2 is 2.25 bits per heavy atom. The number of hydrogen-bond acceptors (Lipinski definition) is 6. The van der Waals surface area contributed by atoms with E-state index in [1.165, 1.54) is 11.3 Å². The van der Waals surface area contributed by atoms with Crippen LogP contribution in [0.15, 0.2) is 21.2 Å². The van der Waals surface area contributed by atoms with Crippen molar-refractivity contribution in [2.75, 3.05) is 0 Å². The number of imide groups is 1. The Balaban J connectivity index is 1.87. The number of rotatable bonds is 3. The molecule has 0 aromatic carbocycles. The molecular formula is C12H12N4O3S. The van der Waals surface area contributed by atoms with Crippen molar-refractivity contribution in [1.29, 1.82) is 0 Å². The topological polar surface area (TPSA) is 88.3 Å². The molecule has 0 aliphatic carbocycles. The van der Waals surface area contributed by atoms with Gasteiger partial charge in [-0.05, 0) is 29.3 Å². The molecule has 1 atom stereocenters. The minimum Gasteiger partial charge on any atom is -0.424 e. The van der Waals surface area contributed by atoms with Crippen molar-refractivity contribution in [3.8, 4) is 0 Å². The quantitative estimate of drug-likeness (QED) is 0.864. The van der Waals surface area contributed by atoms with Crippen molar-refractivity contribution in [3.05, 3.63) is 34.2 Å². The van der Waals surface area contributed by atoms with Gasteiger partial charge < -0.3 is 9.73 Å². The predicted octanol–water partition coefficient (Wildman–Crippen LogP) is 1.41. The number of amides is 3. The van der Waals surface area contributed by atoms with Crippen molar-refractivity contribution in [3.63, 3.8) is 0 Å². The first-order valence-electron chi connectivity index (χ1n) is 5.96. The number of carbonyl (C=O) groups is 2. The van der Waals surface area contributed by atoms with Crippen LogP contribution in [0.1, 0.15) is 24.3 Å². The monoisotopic (exact) mass is 292 g/mol. The Bertz CT molecular complexity index is 666. The Hall–Kier alpha value is -2.22. The van der Waals surface area contributed by atoms with E-state index in [0.29, 0.717) is 5.89 Å². The van der Waals surface area contributed by atoms with Crippen LogP contribution in [-0.2, 0) is 16.9 Å². The number of nitrogens with zero attached hydrogens (tertiary/aromatic N) is 3. The van der Waals surface area contributed by atoms with E-state index in [4.69, 9.17) is 4.42 Å². The molecule has 2 aromatic heterocycles. The highest BCUT2D eigenvalue weighted by Crippen LogP contribution is 2.30. The van der Waals surface area contributed by atoms with E-state index in [1.54, 1.807) is 13.8 Å². The molecule has 8 heteroatoms. The number of aromatic nitrogens is 2.